The van der Waals surface area contributed by atoms with E-state index >= 15 is 0 Å². The Labute approximate surface area is 172 Å². The molecule has 0 fully saturated rings. The fourth-order valence-corrected chi connectivity index (χ4v) is 3.06. The van der Waals surface area contributed by atoms with Crippen LogP contribution in [-0.2, 0) is 22.6 Å². The zero-order chi connectivity index (χ0) is 21.5. The fourth-order valence-electron chi connectivity index (χ4n) is 3.06. The lowest BCUT2D eigenvalue weighted by atomic mass is 9.98. The van der Waals surface area contributed by atoms with Crippen LogP contribution in [0.15, 0.2) is 55.1 Å². The summed E-state index contributed by atoms with van der Waals surface area (Å²) >= 11 is 0. The van der Waals surface area contributed by atoms with E-state index in [1.165, 1.54) is 24.3 Å². The van der Waals surface area contributed by atoms with E-state index in [2.05, 4.69) is 15.0 Å². The van der Waals surface area contributed by atoms with Gasteiger partial charge >= 0.3 is 5.97 Å². The minimum absolute atomic E-state index is 0.0308. The van der Waals surface area contributed by atoms with Crippen LogP contribution < -0.4 is 5.32 Å². The van der Waals surface area contributed by atoms with Crippen LogP contribution in [0.3, 0.4) is 0 Å². The molecule has 156 valence electrons. The molecule has 1 aromatic heterocycles. The molecule has 0 aliphatic heterocycles. The number of aromatic nitrogens is 2. The van der Waals surface area contributed by atoms with E-state index in [0.29, 0.717) is 24.9 Å². The second kappa shape index (κ2) is 9.78. The molecule has 8 heteroatoms. The molecule has 1 heterocycles. The van der Waals surface area contributed by atoms with Gasteiger partial charge in [-0.2, -0.15) is 0 Å². The molecule has 0 aliphatic rings. The van der Waals surface area contributed by atoms with Crippen LogP contribution in [0, 0.1) is 11.6 Å². The second-order valence-electron chi connectivity index (χ2n) is 6.64. The van der Waals surface area contributed by atoms with Crippen molar-refractivity contribution in [3.05, 3.63) is 77.9 Å². The molecule has 2 aromatic carbocycles. The molecule has 3 rings (SSSR count). The summed E-state index contributed by atoms with van der Waals surface area (Å²) in [5.41, 5.74) is 0.606. The summed E-state index contributed by atoms with van der Waals surface area (Å²) in [6, 6.07) is 8.39. The number of amides is 1. The molecule has 1 N–H and O–H groups in total. The van der Waals surface area contributed by atoms with Crippen LogP contribution in [0.2, 0.25) is 0 Å². The predicted molar refractivity (Wildman–Crippen MR) is 106 cm³/mol. The number of hydrogen-bond acceptors (Lipinski definition) is 4. The lowest BCUT2D eigenvalue weighted by Gasteiger charge is -2.11. The molecule has 0 saturated carbocycles. The first-order chi connectivity index (χ1) is 14.5. The van der Waals surface area contributed by atoms with Gasteiger partial charge in [0.2, 0.25) is 5.91 Å². The zero-order valence-electron chi connectivity index (χ0n) is 16.4. The average molecular weight is 413 g/mol. The number of hydrogen-bond donors (Lipinski definition) is 1. The molecule has 0 radical (unpaired) electrons. The topological polar surface area (TPSA) is 73.2 Å². The summed E-state index contributed by atoms with van der Waals surface area (Å²) in [5.74, 6) is -2.33. The first kappa shape index (κ1) is 21.2. The van der Waals surface area contributed by atoms with Gasteiger partial charge in [-0.3, -0.25) is 4.79 Å². The summed E-state index contributed by atoms with van der Waals surface area (Å²) in [6.45, 7) is 0.704. The molecular formula is C22H21F2N3O3. The van der Waals surface area contributed by atoms with E-state index in [1.54, 1.807) is 18.6 Å². The third kappa shape index (κ3) is 5.08. The van der Waals surface area contributed by atoms with E-state index in [0.717, 1.165) is 13.2 Å². The highest BCUT2D eigenvalue weighted by Gasteiger charge is 2.19. The molecule has 0 saturated heterocycles. The predicted octanol–water partition coefficient (Wildman–Crippen LogP) is 3.71. The standard InChI is InChI=1S/C22H21F2N3O3/c1-30-22(29)21-17(4-2-5-18(21)23)15-7-8-16(19(24)12-15)13-26-20(28)6-3-10-27-11-9-25-14-27/h2,4-5,7-9,11-12,14H,3,6,10,13H2,1H3,(H,26,28). The average Bonchev–Trinajstić information content (AvgIpc) is 3.25. The Hall–Kier alpha value is -3.55. The highest BCUT2D eigenvalue weighted by molar-refractivity contribution is 5.97. The Balaban J connectivity index is 1.64. The van der Waals surface area contributed by atoms with Crippen molar-refractivity contribution in [2.24, 2.45) is 0 Å². The van der Waals surface area contributed by atoms with Gasteiger partial charge in [-0.1, -0.05) is 24.3 Å². The van der Waals surface area contributed by atoms with Crippen molar-refractivity contribution in [1.29, 1.82) is 0 Å². The largest absolute Gasteiger partial charge is 0.465 e. The van der Waals surface area contributed by atoms with Crippen molar-refractivity contribution < 1.29 is 23.1 Å². The van der Waals surface area contributed by atoms with Crippen molar-refractivity contribution >= 4 is 11.9 Å². The smallest absolute Gasteiger partial charge is 0.341 e. The molecule has 0 aliphatic carbocycles. The summed E-state index contributed by atoms with van der Waals surface area (Å²) in [4.78, 5) is 27.8. The molecule has 0 bridgehead atoms. The number of halogens is 2. The normalized spacial score (nSPS) is 10.6. The van der Waals surface area contributed by atoms with Gasteiger partial charge in [0, 0.05) is 37.5 Å². The first-order valence-electron chi connectivity index (χ1n) is 9.37. The van der Waals surface area contributed by atoms with Crippen LogP contribution in [0.5, 0.6) is 0 Å². The van der Waals surface area contributed by atoms with E-state index in [4.69, 9.17) is 0 Å². The van der Waals surface area contributed by atoms with Crippen molar-refractivity contribution in [1.82, 2.24) is 14.9 Å². The van der Waals surface area contributed by atoms with Gasteiger partial charge < -0.3 is 14.6 Å². The third-order valence-corrected chi connectivity index (χ3v) is 4.62. The maximum atomic E-state index is 14.6. The van der Waals surface area contributed by atoms with Gasteiger partial charge in [0.1, 0.15) is 17.2 Å². The summed E-state index contributed by atoms with van der Waals surface area (Å²) in [7, 11) is 1.15. The summed E-state index contributed by atoms with van der Waals surface area (Å²) in [5, 5.41) is 2.69. The summed E-state index contributed by atoms with van der Waals surface area (Å²) < 4.78 is 35.2. The highest BCUT2D eigenvalue weighted by Crippen LogP contribution is 2.28. The first-order valence-corrected chi connectivity index (χ1v) is 9.37. The number of carbonyl (C=O) groups is 2. The van der Waals surface area contributed by atoms with Crippen molar-refractivity contribution in [2.75, 3.05) is 7.11 Å². The van der Waals surface area contributed by atoms with Crippen molar-refractivity contribution in [2.45, 2.75) is 25.9 Å². The molecule has 30 heavy (non-hydrogen) atoms. The second-order valence-corrected chi connectivity index (χ2v) is 6.64. The number of ether oxygens (including phenoxy) is 1. The molecular weight excluding hydrogens is 392 g/mol. The minimum atomic E-state index is -0.837. The van der Waals surface area contributed by atoms with E-state index in [-0.39, 0.29) is 29.1 Å². The van der Waals surface area contributed by atoms with Crippen LogP contribution in [-0.4, -0.2) is 28.5 Å². The molecule has 6 nitrogen and oxygen atoms in total. The molecule has 0 unspecified atom stereocenters. The van der Waals surface area contributed by atoms with E-state index < -0.39 is 17.6 Å². The third-order valence-electron chi connectivity index (χ3n) is 4.62. The summed E-state index contributed by atoms with van der Waals surface area (Å²) in [6.07, 6.45) is 6.12. The Bertz CT molecular complexity index is 1040. The number of aryl methyl sites for hydroxylation is 1. The van der Waals surface area contributed by atoms with Gasteiger partial charge in [-0.25, -0.2) is 18.6 Å². The highest BCUT2D eigenvalue weighted by atomic mass is 19.1. The Morgan fingerprint density at radius 2 is 2.00 bits per heavy atom. The number of methoxy groups -OCH3 is 1. The van der Waals surface area contributed by atoms with E-state index in [9.17, 15) is 18.4 Å². The number of carbonyl (C=O) groups excluding carboxylic acids is 2. The number of benzene rings is 2. The SMILES string of the molecule is COC(=O)c1c(F)cccc1-c1ccc(CNC(=O)CCCn2ccnc2)c(F)c1. The number of nitrogens with zero attached hydrogens (tertiary/aromatic N) is 2. The van der Waals surface area contributed by atoms with Crippen LogP contribution in [0.1, 0.15) is 28.8 Å². The number of esters is 1. The number of nitrogens with one attached hydrogen (secondary N) is 1. The van der Waals surface area contributed by atoms with Gasteiger partial charge in [-0.15, -0.1) is 0 Å². The molecule has 3 aromatic rings. The van der Waals surface area contributed by atoms with Crippen molar-refractivity contribution in [3.63, 3.8) is 0 Å². The Kier molecular flexibility index (Phi) is 6.90. The monoisotopic (exact) mass is 413 g/mol. The molecule has 0 atom stereocenters. The lowest BCUT2D eigenvalue weighted by Crippen LogP contribution is -2.23. The van der Waals surface area contributed by atoms with Gasteiger partial charge in [-0.05, 0) is 29.7 Å². The zero-order valence-corrected chi connectivity index (χ0v) is 16.4. The Morgan fingerprint density at radius 1 is 1.17 bits per heavy atom. The van der Waals surface area contributed by atoms with Crippen LogP contribution >= 0.6 is 0 Å². The van der Waals surface area contributed by atoms with Crippen LogP contribution in [0.4, 0.5) is 8.78 Å². The van der Waals surface area contributed by atoms with Crippen LogP contribution in [0.25, 0.3) is 11.1 Å². The minimum Gasteiger partial charge on any atom is -0.465 e. The van der Waals surface area contributed by atoms with Crippen molar-refractivity contribution in [3.8, 4) is 11.1 Å². The molecule has 0 spiro atoms. The maximum Gasteiger partial charge on any atom is 0.341 e. The maximum absolute atomic E-state index is 14.6. The Morgan fingerprint density at radius 3 is 2.70 bits per heavy atom. The van der Waals surface area contributed by atoms with Gasteiger partial charge in [0.05, 0.1) is 13.4 Å². The van der Waals surface area contributed by atoms with Gasteiger partial charge in [0.15, 0.2) is 0 Å². The fraction of sp³-hybridized carbons (Fsp3) is 0.227. The van der Waals surface area contributed by atoms with Gasteiger partial charge in [0.25, 0.3) is 0 Å². The van der Waals surface area contributed by atoms with E-state index in [1.807, 2.05) is 10.8 Å². The molecule has 1 amide bonds. The number of imidazole rings is 1. The quantitative estimate of drug-likeness (QED) is 0.572. The lowest BCUT2D eigenvalue weighted by molar-refractivity contribution is -0.121. The number of rotatable bonds is 8.